The number of carbonyl (C=O) groups excluding carboxylic acids is 3. The summed E-state index contributed by atoms with van der Waals surface area (Å²) in [7, 11) is 0. The number of nitrogens with zero attached hydrogens (tertiary/aromatic N) is 2. The average molecular weight is 421 g/mol. The van der Waals surface area contributed by atoms with Crippen LogP contribution in [0, 0.1) is 0 Å². The van der Waals surface area contributed by atoms with Gasteiger partial charge in [0, 0.05) is 13.1 Å². The fraction of sp³-hybridized carbons (Fsp3) is 0.348. The third kappa shape index (κ3) is 3.28. The highest BCUT2D eigenvalue weighted by molar-refractivity contribution is 6.09. The minimum absolute atomic E-state index is 0.246. The van der Waals surface area contributed by atoms with Crippen LogP contribution < -0.4 is 14.8 Å². The number of hydrogen-bond donors (Lipinski definition) is 1. The van der Waals surface area contributed by atoms with Crippen LogP contribution in [0.3, 0.4) is 0 Å². The van der Waals surface area contributed by atoms with Crippen LogP contribution in [-0.2, 0) is 28.1 Å². The number of amides is 4. The summed E-state index contributed by atoms with van der Waals surface area (Å²) in [6.45, 7) is 3.30. The average Bonchev–Trinajstić information content (AvgIpc) is 3.02. The van der Waals surface area contributed by atoms with Crippen molar-refractivity contribution in [1.29, 1.82) is 0 Å². The molecule has 0 radical (unpaired) electrons. The Labute approximate surface area is 179 Å². The SMILES string of the molecule is C[C@]1(c2ccc3c(c2)OCCO3)NC(=O)N(CC(=O)N2CCc3ccccc3C2)C1=O. The Morgan fingerprint density at radius 1 is 1.06 bits per heavy atom. The first-order chi connectivity index (χ1) is 15.0. The second kappa shape index (κ2) is 7.30. The number of carbonyl (C=O) groups is 3. The second-order valence-electron chi connectivity index (χ2n) is 8.14. The number of urea groups is 1. The van der Waals surface area contributed by atoms with E-state index in [-0.39, 0.29) is 12.5 Å². The van der Waals surface area contributed by atoms with Gasteiger partial charge in [0.25, 0.3) is 5.91 Å². The molecule has 0 aliphatic carbocycles. The third-order valence-electron chi connectivity index (χ3n) is 6.17. The molecule has 4 amide bonds. The molecule has 160 valence electrons. The Hall–Kier alpha value is -3.55. The van der Waals surface area contributed by atoms with Gasteiger partial charge in [-0.05, 0) is 42.2 Å². The monoisotopic (exact) mass is 421 g/mol. The molecule has 5 rings (SSSR count). The van der Waals surface area contributed by atoms with Crippen molar-refractivity contribution in [3.05, 3.63) is 59.2 Å². The molecule has 0 aromatic heterocycles. The molecule has 1 atom stereocenters. The first-order valence-corrected chi connectivity index (χ1v) is 10.3. The zero-order valence-corrected chi connectivity index (χ0v) is 17.2. The number of ether oxygens (including phenoxy) is 2. The number of rotatable bonds is 3. The van der Waals surface area contributed by atoms with Crippen LogP contribution in [0.25, 0.3) is 0 Å². The van der Waals surface area contributed by atoms with E-state index in [1.165, 1.54) is 5.56 Å². The van der Waals surface area contributed by atoms with E-state index in [0.29, 0.717) is 43.4 Å². The summed E-state index contributed by atoms with van der Waals surface area (Å²) in [6, 6.07) is 12.6. The summed E-state index contributed by atoms with van der Waals surface area (Å²) in [5, 5.41) is 2.75. The first kappa shape index (κ1) is 19.4. The molecule has 1 N–H and O–H groups in total. The Morgan fingerprint density at radius 2 is 1.81 bits per heavy atom. The van der Waals surface area contributed by atoms with Crippen LogP contribution in [0.1, 0.15) is 23.6 Å². The largest absolute Gasteiger partial charge is 0.486 e. The van der Waals surface area contributed by atoms with Gasteiger partial charge in [0.15, 0.2) is 11.5 Å². The van der Waals surface area contributed by atoms with Crippen LogP contribution in [0.2, 0.25) is 0 Å². The molecule has 2 aromatic rings. The van der Waals surface area contributed by atoms with Gasteiger partial charge < -0.3 is 19.7 Å². The minimum atomic E-state index is -1.28. The summed E-state index contributed by atoms with van der Waals surface area (Å²) in [4.78, 5) is 41.5. The lowest BCUT2D eigenvalue weighted by Crippen LogP contribution is -2.45. The molecule has 3 heterocycles. The maximum absolute atomic E-state index is 13.2. The first-order valence-electron chi connectivity index (χ1n) is 10.3. The lowest BCUT2D eigenvalue weighted by molar-refractivity contribution is -0.139. The van der Waals surface area contributed by atoms with Gasteiger partial charge in [-0.2, -0.15) is 0 Å². The number of benzene rings is 2. The van der Waals surface area contributed by atoms with E-state index in [4.69, 9.17) is 9.47 Å². The van der Waals surface area contributed by atoms with Crippen LogP contribution in [0.5, 0.6) is 11.5 Å². The van der Waals surface area contributed by atoms with Crippen molar-refractivity contribution in [2.75, 3.05) is 26.3 Å². The van der Waals surface area contributed by atoms with Crippen molar-refractivity contribution in [3.63, 3.8) is 0 Å². The molecule has 0 spiro atoms. The van der Waals surface area contributed by atoms with Crippen molar-refractivity contribution >= 4 is 17.8 Å². The Bertz CT molecular complexity index is 1080. The van der Waals surface area contributed by atoms with Crippen molar-refractivity contribution in [1.82, 2.24) is 15.1 Å². The Morgan fingerprint density at radius 3 is 2.61 bits per heavy atom. The van der Waals surface area contributed by atoms with Gasteiger partial charge in [-0.3, -0.25) is 14.5 Å². The highest BCUT2D eigenvalue weighted by Crippen LogP contribution is 2.36. The third-order valence-corrected chi connectivity index (χ3v) is 6.17. The summed E-state index contributed by atoms with van der Waals surface area (Å²) in [5.74, 6) is 0.436. The smallest absolute Gasteiger partial charge is 0.325 e. The molecule has 31 heavy (non-hydrogen) atoms. The van der Waals surface area contributed by atoms with E-state index in [9.17, 15) is 14.4 Å². The molecule has 8 nitrogen and oxygen atoms in total. The number of hydrogen-bond acceptors (Lipinski definition) is 5. The highest BCUT2D eigenvalue weighted by atomic mass is 16.6. The number of imide groups is 1. The van der Waals surface area contributed by atoms with E-state index >= 15 is 0 Å². The molecule has 1 saturated heterocycles. The van der Waals surface area contributed by atoms with Crippen LogP contribution in [0.15, 0.2) is 42.5 Å². The summed E-state index contributed by atoms with van der Waals surface area (Å²) >= 11 is 0. The molecule has 8 heteroatoms. The molecule has 2 aromatic carbocycles. The predicted molar refractivity (Wildman–Crippen MR) is 111 cm³/mol. The zero-order chi connectivity index (χ0) is 21.6. The fourth-order valence-corrected chi connectivity index (χ4v) is 4.33. The van der Waals surface area contributed by atoms with E-state index in [2.05, 4.69) is 11.4 Å². The quantitative estimate of drug-likeness (QED) is 0.764. The summed E-state index contributed by atoms with van der Waals surface area (Å²) in [6.07, 6.45) is 0.761. The van der Waals surface area contributed by atoms with Crippen molar-refractivity contribution in [2.24, 2.45) is 0 Å². The number of nitrogens with one attached hydrogen (secondary N) is 1. The lowest BCUT2D eigenvalue weighted by atomic mass is 9.91. The topological polar surface area (TPSA) is 88.2 Å². The fourth-order valence-electron chi connectivity index (χ4n) is 4.33. The summed E-state index contributed by atoms with van der Waals surface area (Å²) in [5.41, 5.74) is 1.63. The molecular weight excluding hydrogens is 398 g/mol. The zero-order valence-electron chi connectivity index (χ0n) is 17.2. The molecule has 3 aliphatic rings. The van der Waals surface area contributed by atoms with Gasteiger partial charge in [-0.15, -0.1) is 0 Å². The summed E-state index contributed by atoms with van der Waals surface area (Å²) < 4.78 is 11.1. The lowest BCUT2D eigenvalue weighted by Gasteiger charge is -2.30. The van der Waals surface area contributed by atoms with Gasteiger partial charge >= 0.3 is 6.03 Å². The van der Waals surface area contributed by atoms with Gasteiger partial charge in [0.2, 0.25) is 5.91 Å². The van der Waals surface area contributed by atoms with Gasteiger partial charge in [0.05, 0.1) is 0 Å². The van der Waals surface area contributed by atoms with Crippen LogP contribution in [0.4, 0.5) is 4.79 Å². The minimum Gasteiger partial charge on any atom is -0.486 e. The van der Waals surface area contributed by atoms with Crippen LogP contribution in [-0.4, -0.2) is 53.9 Å². The highest BCUT2D eigenvalue weighted by Gasteiger charge is 2.50. The molecule has 3 aliphatic heterocycles. The van der Waals surface area contributed by atoms with E-state index in [1.807, 2.05) is 18.2 Å². The Balaban J connectivity index is 1.33. The molecule has 0 saturated carbocycles. The molecule has 0 bridgehead atoms. The van der Waals surface area contributed by atoms with Gasteiger partial charge in [-0.1, -0.05) is 30.3 Å². The van der Waals surface area contributed by atoms with E-state index in [1.54, 1.807) is 30.0 Å². The normalized spacial score (nSPS) is 22.2. The van der Waals surface area contributed by atoms with Gasteiger partial charge in [0.1, 0.15) is 25.3 Å². The van der Waals surface area contributed by atoms with Gasteiger partial charge in [-0.25, -0.2) is 4.79 Å². The van der Waals surface area contributed by atoms with Crippen molar-refractivity contribution in [3.8, 4) is 11.5 Å². The Kier molecular flexibility index (Phi) is 4.57. The standard InChI is InChI=1S/C23H23N3O5/c1-23(17-6-7-18-19(12-17)31-11-10-30-18)21(28)26(22(29)24-23)14-20(27)25-9-8-15-4-2-3-5-16(15)13-25/h2-7,12H,8-11,13-14H2,1H3,(H,24,29)/t23-/m1/s1. The van der Waals surface area contributed by atoms with Crippen LogP contribution >= 0.6 is 0 Å². The number of fused-ring (bicyclic) bond motifs is 2. The predicted octanol–water partition coefficient (Wildman–Crippen LogP) is 1.81. The molecular formula is C23H23N3O5. The molecule has 0 unspecified atom stereocenters. The molecule has 1 fully saturated rings. The second-order valence-corrected chi connectivity index (χ2v) is 8.14. The van der Waals surface area contributed by atoms with Crippen molar-refractivity contribution in [2.45, 2.75) is 25.4 Å². The maximum atomic E-state index is 13.2. The van der Waals surface area contributed by atoms with E-state index in [0.717, 1.165) is 16.9 Å². The van der Waals surface area contributed by atoms with Crippen molar-refractivity contribution < 1.29 is 23.9 Å². The maximum Gasteiger partial charge on any atom is 0.325 e. The van der Waals surface area contributed by atoms with E-state index < -0.39 is 17.5 Å².